The summed E-state index contributed by atoms with van der Waals surface area (Å²) in [6, 6.07) is 54.0. The van der Waals surface area contributed by atoms with Crippen molar-refractivity contribution in [1.29, 1.82) is 0 Å². The van der Waals surface area contributed by atoms with Crippen LogP contribution in [0.15, 0.2) is 157 Å². The lowest BCUT2D eigenvalue weighted by molar-refractivity contribution is 0.626. The van der Waals surface area contributed by atoms with E-state index < -0.39 is 5.54 Å². The summed E-state index contributed by atoms with van der Waals surface area (Å²) in [6.07, 6.45) is 2.07. The lowest BCUT2D eigenvalue weighted by atomic mass is 9.80. The Balaban J connectivity index is 1.70. The third kappa shape index (κ3) is 3.35. The van der Waals surface area contributed by atoms with Crippen molar-refractivity contribution in [1.82, 2.24) is 0 Å². The quantitative estimate of drug-likeness (QED) is 0.235. The molecule has 5 aromatic carbocycles. The second kappa shape index (κ2) is 8.85. The van der Waals surface area contributed by atoms with Crippen LogP contribution in [0.1, 0.15) is 33.7 Å². The van der Waals surface area contributed by atoms with Gasteiger partial charge in [-0.25, -0.2) is 0 Å². The van der Waals surface area contributed by atoms with E-state index in [4.69, 9.17) is 4.99 Å². The normalized spacial score (nSPS) is 20.5. The molecule has 0 saturated heterocycles. The fraction of sp³-hybridized carbons (Fsp3) is 0.0882. The lowest BCUT2D eigenvalue weighted by Crippen LogP contribution is -2.22. The third-order valence-electron chi connectivity index (χ3n) is 7.39. The maximum Gasteiger partial charge on any atom is 0.108 e. The summed E-state index contributed by atoms with van der Waals surface area (Å²) in [7, 11) is 0. The van der Waals surface area contributed by atoms with E-state index in [0.29, 0.717) is 0 Å². The van der Waals surface area contributed by atoms with Gasteiger partial charge < -0.3 is 0 Å². The minimum atomic E-state index is -0.492. The summed E-state index contributed by atoms with van der Waals surface area (Å²) in [5.41, 5.74) is 5.38. The Hall–Kier alpha value is -4.23. The second-order valence-electron chi connectivity index (χ2n) is 9.19. The molecule has 0 spiro atoms. The van der Waals surface area contributed by atoms with Gasteiger partial charge in [-0.05, 0) is 27.8 Å². The van der Waals surface area contributed by atoms with E-state index in [-0.39, 0.29) is 11.3 Å². The smallest absolute Gasteiger partial charge is 0.108 e. The molecule has 6 rings (SSSR count). The van der Waals surface area contributed by atoms with E-state index >= 15 is 0 Å². The largest absolute Gasteiger partial charge is 0.279 e. The molecule has 0 aromatic heterocycles. The lowest BCUT2D eigenvalue weighted by Gasteiger charge is -2.25. The average Bonchev–Trinajstić information content (AvgIpc) is 3.59. The summed E-state index contributed by atoms with van der Waals surface area (Å²) < 4.78 is 0. The zero-order valence-electron chi connectivity index (χ0n) is 19.5. The SMILES string of the molecule is C(=NC1(c2ccccc2)C(c2ccccc2)C1(c1ccccc1)c1ccccc1)c1ccccc1. The van der Waals surface area contributed by atoms with Crippen molar-refractivity contribution in [2.75, 3.05) is 0 Å². The van der Waals surface area contributed by atoms with Gasteiger partial charge in [-0.3, -0.25) is 4.99 Å². The van der Waals surface area contributed by atoms with Gasteiger partial charge in [0.15, 0.2) is 0 Å². The molecule has 2 atom stereocenters. The van der Waals surface area contributed by atoms with Gasteiger partial charge in [0.2, 0.25) is 0 Å². The zero-order chi connectivity index (χ0) is 23.6. The topological polar surface area (TPSA) is 12.4 Å². The van der Waals surface area contributed by atoms with Crippen LogP contribution in [0.2, 0.25) is 0 Å². The first-order valence-electron chi connectivity index (χ1n) is 12.2. The molecule has 0 heterocycles. The van der Waals surface area contributed by atoms with Crippen LogP contribution in [0.3, 0.4) is 0 Å². The van der Waals surface area contributed by atoms with Gasteiger partial charge in [-0.2, -0.15) is 0 Å². The Morgan fingerprint density at radius 2 is 0.857 bits per heavy atom. The van der Waals surface area contributed by atoms with Crippen molar-refractivity contribution in [3.05, 3.63) is 179 Å². The molecule has 2 unspecified atom stereocenters. The Morgan fingerprint density at radius 1 is 0.457 bits per heavy atom. The molecular weight excluding hydrogens is 422 g/mol. The highest BCUT2D eigenvalue weighted by Crippen LogP contribution is 2.78. The maximum absolute atomic E-state index is 5.55. The van der Waals surface area contributed by atoms with Crippen LogP contribution < -0.4 is 0 Å². The van der Waals surface area contributed by atoms with Crippen LogP contribution >= 0.6 is 0 Å². The summed E-state index contributed by atoms with van der Waals surface area (Å²) in [5.74, 6) is 0.142. The third-order valence-corrected chi connectivity index (χ3v) is 7.39. The molecule has 1 saturated carbocycles. The molecule has 1 aliphatic rings. The van der Waals surface area contributed by atoms with Gasteiger partial charge in [0.25, 0.3) is 0 Å². The predicted octanol–water partition coefficient (Wildman–Crippen LogP) is 7.78. The number of hydrogen-bond donors (Lipinski definition) is 0. The second-order valence-corrected chi connectivity index (χ2v) is 9.19. The average molecular weight is 450 g/mol. The minimum Gasteiger partial charge on any atom is -0.279 e. The van der Waals surface area contributed by atoms with Crippen LogP contribution in [0, 0.1) is 0 Å². The van der Waals surface area contributed by atoms with Gasteiger partial charge in [-0.1, -0.05) is 152 Å². The Kier molecular flexibility index (Phi) is 5.39. The first-order chi connectivity index (χ1) is 17.4. The number of aliphatic imine (C=N–C) groups is 1. The van der Waals surface area contributed by atoms with Crippen molar-refractivity contribution in [2.45, 2.75) is 16.9 Å². The number of nitrogens with zero attached hydrogens (tertiary/aromatic N) is 1. The molecule has 5 aromatic rings. The van der Waals surface area contributed by atoms with Crippen LogP contribution in [-0.2, 0) is 11.0 Å². The number of hydrogen-bond acceptors (Lipinski definition) is 1. The van der Waals surface area contributed by atoms with Crippen LogP contribution in [-0.4, -0.2) is 6.21 Å². The van der Waals surface area contributed by atoms with E-state index in [1.807, 2.05) is 6.07 Å². The molecule has 0 radical (unpaired) electrons. The van der Waals surface area contributed by atoms with Crippen LogP contribution in [0.4, 0.5) is 0 Å². The maximum atomic E-state index is 5.55. The first-order valence-corrected chi connectivity index (χ1v) is 12.2. The van der Waals surface area contributed by atoms with Crippen molar-refractivity contribution in [3.8, 4) is 0 Å². The van der Waals surface area contributed by atoms with Crippen molar-refractivity contribution < 1.29 is 0 Å². The highest BCUT2D eigenvalue weighted by Gasteiger charge is 2.79. The summed E-state index contributed by atoms with van der Waals surface area (Å²) >= 11 is 0. The molecule has 35 heavy (non-hydrogen) atoms. The minimum absolute atomic E-state index is 0.142. The molecule has 0 aliphatic heterocycles. The monoisotopic (exact) mass is 449 g/mol. The molecule has 0 N–H and O–H groups in total. The Bertz CT molecular complexity index is 1370. The Morgan fingerprint density at radius 3 is 1.34 bits per heavy atom. The van der Waals surface area contributed by atoms with Gasteiger partial charge in [0, 0.05) is 12.1 Å². The highest BCUT2D eigenvalue weighted by molar-refractivity contribution is 5.82. The van der Waals surface area contributed by atoms with Crippen molar-refractivity contribution in [2.24, 2.45) is 4.99 Å². The summed E-state index contributed by atoms with van der Waals surface area (Å²) in [4.78, 5) is 5.55. The fourth-order valence-corrected chi connectivity index (χ4v) is 5.99. The molecule has 1 nitrogen and oxygen atoms in total. The van der Waals surface area contributed by atoms with E-state index in [2.05, 4.69) is 152 Å². The van der Waals surface area contributed by atoms with E-state index in [9.17, 15) is 0 Å². The van der Waals surface area contributed by atoms with Crippen molar-refractivity contribution in [3.63, 3.8) is 0 Å². The van der Waals surface area contributed by atoms with Crippen LogP contribution in [0.5, 0.6) is 0 Å². The molecule has 1 fully saturated rings. The molecule has 168 valence electrons. The Labute approximate surface area is 207 Å². The van der Waals surface area contributed by atoms with Gasteiger partial charge in [0.05, 0.1) is 5.41 Å². The predicted molar refractivity (Wildman–Crippen MR) is 145 cm³/mol. The first kappa shape index (κ1) is 21.3. The van der Waals surface area contributed by atoms with E-state index in [1.165, 1.54) is 22.3 Å². The fourth-order valence-electron chi connectivity index (χ4n) is 5.99. The van der Waals surface area contributed by atoms with Gasteiger partial charge in [-0.15, -0.1) is 0 Å². The van der Waals surface area contributed by atoms with E-state index in [1.54, 1.807) is 0 Å². The molecule has 1 heteroatoms. The molecule has 0 amide bonds. The summed E-state index contributed by atoms with van der Waals surface area (Å²) in [5, 5.41) is 0. The van der Waals surface area contributed by atoms with Crippen LogP contribution in [0.25, 0.3) is 0 Å². The van der Waals surface area contributed by atoms with E-state index in [0.717, 1.165) is 5.56 Å². The number of rotatable bonds is 6. The van der Waals surface area contributed by atoms with Gasteiger partial charge in [0.1, 0.15) is 5.54 Å². The van der Waals surface area contributed by atoms with Gasteiger partial charge >= 0.3 is 0 Å². The standard InChI is InChI=1S/C34H27N/c1-6-16-27(17-7-1)26-35-34(31-24-14-5-15-25-31)32(28-18-8-2-9-19-28)33(34,29-20-10-3-11-21-29)30-22-12-4-13-23-30/h1-26,32H. The highest BCUT2D eigenvalue weighted by atomic mass is 15.0. The number of benzene rings is 5. The van der Waals surface area contributed by atoms with Crippen molar-refractivity contribution >= 4 is 6.21 Å². The molecular formula is C34H27N. The molecule has 0 bridgehead atoms. The molecule has 1 aliphatic carbocycles. The zero-order valence-corrected chi connectivity index (χ0v) is 19.5. The summed E-state index contributed by atoms with van der Waals surface area (Å²) in [6.45, 7) is 0.